The van der Waals surface area contributed by atoms with Gasteiger partial charge < -0.3 is 5.32 Å². The van der Waals surface area contributed by atoms with E-state index in [2.05, 4.69) is 12.2 Å². The summed E-state index contributed by atoms with van der Waals surface area (Å²) in [4.78, 5) is 0.0997. The molecule has 0 aliphatic heterocycles. The van der Waals surface area contributed by atoms with Crippen LogP contribution in [-0.2, 0) is 9.84 Å². The lowest BCUT2D eigenvalue weighted by atomic mass is 10.2. The minimum atomic E-state index is -3.44. The van der Waals surface area contributed by atoms with Crippen molar-refractivity contribution in [1.29, 1.82) is 0 Å². The zero-order valence-electron chi connectivity index (χ0n) is 11.1. The Kier molecular flexibility index (Phi) is 4.58. The molecule has 0 amide bonds. The Hall–Kier alpha value is -0.940. The van der Waals surface area contributed by atoms with Crippen molar-refractivity contribution in [2.24, 2.45) is 0 Å². The maximum atomic E-state index is 13.2. The zero-order valence-corrected chi connectivity index (χ0v) is 11.9. The van der Waals surface area contributed by atoms with Crippen LogP contribution in [0.15, 0.2) is 29.2 Å². The molecule has 1 saturated carbocycles. The molecule has 0 bridgehead atoms. The Labute approximate surface area is 114 Å². The highest BCUT2D eigenvalue weighted by molar-refractivity contribution is 7.92. The third-order valence-corrected chi connectivity index (χ3v) is 5.90. The Morgan fingerprint density at radius 1 is 1.37 bits per heavy atom. The van der Waals surface area contributed by atoms with E-state index in [-0.39, 0.29) is 10.9 Å². The largest absolute Gasteiger partial charge is 0.313 e. The first-order chi connectivity index (χ1) is 9.05. The number of hydrogen-bond acceptors (Lipinski definition) is 3. The summed E-state index contributed by atoms with van der Waals surface area (Å²) in [6.07, 6.45) is 3.41. The standard InChI is InChI=1S/C14H20FNO2S/c1-2-9-16-13-7-4-8-14(13)19(17,18)12-6-3-5-11(15)10-12/h3,5-6,10,13-14,16H,2,4,7-9H2,1H3. The lowest BCUT2D eigenvalue weighted by Crippen LogP contribution is -2.40. The summed E-state index contributed by atoms with van der Waals surface area (Å²) < 4.78 is 38.3. The summed E-state index contributed by atoms with van der Waals surface area (Å²) in [5, 5.41) is 2.87. The van der Waals surface area contributed by atoms with Gasteiger partial charge in [-0.05, 0) is 44.0 Å². The van der Waals surface area contributed by atoms with E-state index in [1.165, 1.54) is 18.2 Å². The van der Waals surface area contributed by atoms with Crippen LogP contribution in [0.25, 0.3) is 0 Å². The fraction of sp³-hybridized carbons (Fsp3) is 0.571. The summed E-state index contributed by atoms with van der Waals surface area (Å²) in [5.74, 6) is -0.503. The van der Waals surface area contributed by atoms with Crippen molar-refractivity contribution >= 4 is 9.84 Å². The minimum Gasteiger partial charge on any atom is -0.313 e. The summed E-state index contributed by atoms with van der Waals surface area (Å²) >= 11 is 0. The predicted octanol–water partition coefficient (Wildman–Crippen LogP) is 2.52. The van der Waals surface area contributed by atoms with Gasteiger partial charge in [0.05, 0.1) is 10.1 Å². The second-order valence-electron chi connectivity index (χ2n) is 5.03. The van der Waals surface area contributed by atoms with E-state index in [9.17, 15) is 12.8 Å². The second kappa shape index (κ2) is 6.01. The molecule has 3 nitrogen and oxygen atoms in total. The van der Waals surface area contributed by atoms with E-state index in [4.69, 9.17) is 0 Å². The first kappa shape index (κ1) is 14.5. The van der Waals surface area contributed by atoms with E-state index in [1.807, 2.05) is 0 Å². The van der Waals surface area contributed by atoms with Crippen molar-refractivity contribution in [3.8, 4) is 0 Å². The average molecular weight is 285 g/mol. The molecule has 1 aliphatic carbocycles. The van der Waals surface area contributed by atoms with Crippen LogP contribution in [0, 0.1) is 5.82 Å². The first-order valence-corrected chi connectivity index (χ1v) is 8.33. The number of hydrogen-bond donors (Lipinski definition) is 1. The molecule has 5 heteroatoms. The van der Waals surface area contributed by atoms with E-state index >= 15 is 0 Å². The smallest absolute Gasteiger partial charge is 0.182 e. The average Bonchev–Trinajstić information content (AvgIpc) is 2.85. The van der Waals surface area contributed by atoms with Crippen molar-refractivity contribution < 1.29 is 12.8 Å². The van der Waals surface area contributed by atoms with Gasteiger partial charge in [0.15, 0.2) is 9.84 Å². The SMILES string of the molecule is CCCNC1CCCC1S(=O)(=O)c1cccc(F)c1. The second-order valence-corrected chi connectivity index (χ2v) is 7.20. The van der Waals surface area contributed by atoms with Crippen molar-refractivity contribution in [2.75, 3.05) is 6.54 Å². The lowest BCUT2D eigenvalue weighted by molar-refractivity contribution is 0.504. The maximum absolute atomic E-state index is 13.2. The molecule has 2 rings (SSSR count). The van der Waals surface area contributed by atoms with Crippen LogP contribution in [0.1, 0.15) is 32.6 Å². The molecule has 0 aromatic heterocycles. The molecule has 0 saturated heterocycles. The third-order valence-electron chi connectivity index (χ3n) is 3.63. The molecule has 19 heavy (non-hydrogen) atoms. The Bertz CT molecular complexity index is 530. The topological polar surface area (TPSA) is 46.2 Å². The molecule has 1 N–H and O–H groups in total. The van der Waals surface area contributed by atoms with Gasteiger partial charge >= 0.3 is 0 Å². The van der Waals surface area contributed by atoms with Crippen LogP contribution in [0.3, 0.4) is 0 Å². The molecular formula is C14H20FNO2S. The fourth-order valence-electron chi connectivity index (χ4n) is 2.68. The molecule has 1 aromatic rings. The maximum Gasteiger partial charge on any atom is 0.182 e. The summed E-state index contributed by atoms with van der Waals surface area (Å²) in [6.45, 7) is 2.87. The number of nitrogens with one attached hydrogen (secondary N) is 1. The molecule has 2 unspecified atom stereocenters. The Morgan fingerprint density at radius 3 is 2.84 bits per heavy atom. The van der Waals surface area contributed by atoms with Crippen LogP contribution < -0.4 is 5.32 Å². The quantitative estimate of drug-likeness (QED) is 0.904. The van der Waals surface area contributed by atoms with Crippen molar-refractivity contribution in [2.45, 2.75) is 48.8 Å². The van der Waals surface area contributed by atoms with E-state index in [1.54, 1.807) is 0 Å². The third kappa shape index (κ3) is 3.15. The van der Waals surface area contributed by atoms with Gasteiger partial charge in [-0.3, -0.25) is 0 Å². The minimum absolute atomic E-state index is 0.00628. The van der Waals surface area contributed by atoms with Gasteiger partial charge in [-0.2, -0.15) is 0 Å². The van der Waals surface area contributed by atoms with Crippen LogP contribution in [0.5, 0.6) is 0 Å². The van der Waals surface area contributed by atoms with Crippen molar-refractivity contribution in [3.05, 3.63) is 30.1 Å². The highest BCUT2D eigenvalue weighted by atomic mass is 32.2. The van der Waals surface area contributed by atoms with Gasteiger partial charge in [0.2, 0.25) is 0 Å². The number of sulfone groups is 1. The monoisotopic (exact) mass is 285 g/mol. The normalized spacial score (nSPS) is 23.7. The molecule has 1 fully saturated rings. The predicted molar refractivity (Wildman–Crippen MR) is 73.3 cm³/mol. The van der Waals surface area contributed by atoms with Gasteiger partial charge in [-0.1, -0.05) is 19.4 Å². The summed E-state index contributed by atoms with van der Waals surface area (Å²) in [7, 11) is -3.44. The van der Waals surface area contributed by atoms with E-state index < -0.39 is 20.9 Å². The van der Waals surface area contributed by atoms with Gasteiger partial charge in [0.25, 0.3) is 0 Å². The molecule has 0 spiro atoms. The Balaban J connectivity index is 2.23. The summed E-state index contributed by atoms with van der Waals surface area (Å²) in [6, 6.07) is 5.30. The molecule has 2 atom stereocenters. The number of rotatable bonds is 5. The van der Waals surface area contributed by atoms with Crippen LogP contribution >= 0.6 is 0 Å². The Morgan fingerprint density at radius 2 is 2.16 bits per heavy atom. The first-order valence-electron chi connectivity index (χ1n) is 6.78. The van der Waals surface area contributed by atoms with Crippen LogP contribution in [0.2, 0.25) is 0 Å². The lowest BCUT2D eigenvalue weighted by Gasteiger charge is -2.21. The molecule has 1 aromatic carbocycles. The molecule has 106 valence electrons. The highest BCUT2D eigenvalue weighted by Gasteiger charge is 2.37. The van der Waals surface area contributed by atoms with Gasteiger partial charge in [0, 0.05) is 6.04 Å². The fourth-order valence-corrected chi connectivity index (χ4v) is 4.72. The zero-order chi connectivity index (χ0) is 13.9. The molecule has 0 radical (unpaired) electrons. The van der Waals surface area contributed by atoms with E-state index in [0.717, 1.165) is 31.9 Å². The molecule has 1 aliphatic rings. The van der Waals surface area contributed by atoms with Gasteiger partial charge in [-0.25, -0.2) is 12.8 Å². The van der Waals surface area contributed by atoms with Crippen LogP contribution in [-0.4, -0.2) is 26.3 Å². The number of benzene rings is 1. The van der Waals surface area contributed by atoms with Crippen molar-refractivity contribution in [1.82, 2.24) is 5.32 Å². The highest BCUT2D eigenvalue weighted by Crippen LogP contribution is 2.30. The summed E-state index contributed by atoms with van der Waals surface area (Å²) in [5.41, 5.74) is 0. The van der Waals surface area contributed by atoms with E-state index in [0.29, 0.717) is 6.42 Å². The van der Waals surface area contributed by atoms with Crippen molar-refractivity contribution in [3.63, 3.8) is 0 Å². The van der Waals surface area contributed by atoms with Crippen LogP contribution in [0.4, 0.5) is 4.39 Å². The van der Waals surface area contributed by atoms with Gasteiger partial charge in [-0.15, -0.1) is 0 Å². The number of halogens is 1. The molecular weight excluding hydrogens is 265 g/mol. The molecule has 0 heterocycles. The van der Waals surface area contributed by atoms with Gasteiger partial charge in [0.1, 0.15) is 5.82 Å².